The average molecular weight is 231 g/mol. The van der Waals surface area contributed by atoms with Gasteiger partial charge in [-0.2, -0.15) is 0 Å². The highest BCUT2D eigenvalue weighted by Crippen LogP contribution is 2.24. The summed E-state index contributed by atoms with van der Waals surface area (Å²) in [6, 6.07) is 13.4. The Labute approximate surface area is 99.7 Å². The van der Waals surface area contributed by atoms with Crippen molar-refractivity contribution in [1.29, 1.82) is 0 Å². The summed E-state index contributed by atoms with van der Waals surface area (Å²) in [7, 11) is 1.81. The van der Waals surface area contributed by atoms with Gasteiger partial charge < -0.3 is 10.4 Å². The summed E-state index contributed by atoms with van der Waals surface area (Å²) in [5.41, 5.74) is 2.21. The lowest BCUT2D eigenvalue weighted by Gasteiger charge is -2.12. The zero-order valence-corrected chi connectivity index (χ0v) is 9.52. The first-order valence-corrected chi connectivity index (χ1v) is 5.42. The van der Waals surface area contributed by atoms with Gasteiger partial charge in [0.05, 0.1) is 0 Å². The van der Waals surface area contributed by atoms with Crippen LogP contribution in [0.5, 0.6) is 0 Å². The molecule has 2 rings (SSSR count). The molecule has 0 aromatic heterocycles. The van der Waals surface area contributed by atoms with E-state index >= 15 is 0 Å². The number of aliphatic hydroxyl groups excluding tert-OH is 1. The standard InChI is InChI=1S/C14H14FNO/c1-16-13-7-3-5-11(9-13)14(17)10-4-2-6-12(15)8-10/h2-9,14,16-17H,1H3. The topological polar surface area (TPSA) is 32.3 Å². The Morgan fingerprint density at radius 3 is 2.35 bits per heavy atom. The van der Waals surface area contributed by atoms with Gasteiger partial charge in [0.2, 0.25) is 0 Å². The summed E-state index contributed by atoms with van der Waals surface area (Å²) in [5.74, 6) is -0.341. The van der Waals surface area contributed by atoms with Gasteiger partial charge in [0.1, 0.15) is 11.9 Å². The van der Waals surface area contributed by atoms with E-state index in [0.717, 1.165) is 11.3 Å². The molecule has 2 nitrogen and oxygen atoms in total. The maximum absolute atomic E-state index is 13.1. The molecule has 0 spiro atoms. The van der Waals surface area contributed by atoms with Crippen LogP contribution < -0.4 is 5.32 Å². The molecule has 3 heteroatoms. The molecule has 1 atom stereocenters. The third-order valence-electron chi connectivity index (χ3n) is 2.66. The summed E-state index contributed by atoms with van der Waals surface area (Å²) >= 11 is 0. The minimum atomic E-state index is -0.806. The van der Waals surface area contributed by atoms with Gasteiger partial charge >= 0.3 is 0 Å². The molecule has 0 aliphatic carbocycles. The molecule has 0 radical (unpaired) electrons. The number of hydrogen-bond donors (Lipinski definition) is 2. The fourth-order valence-electron chi connectivity index (χ4n) is 1.73. The lowest BCUT2D eigenvalue weighted by atomic mass is 10.0. The molecule has 0 saturated heterocycles. The fraction of sp³-hybridized carbons (Fsp3) is 0.143. The van der Waals surface area contributed by atoms with Crippen LogP contribution in [0.4, 0.5) is 10.1 Å². The summed E-state index contributed by atoms with van der Waals surface area (Å²) in [6.07, 6.45) is -0.806. The van der Waals surface area contributed by atoms with Crippen molar-refractivity contribution < 1.29 is 9.50 Å². The predicted molar refractivity (Wildman–Crippen MR) is 66.5 cm³/mol. The summed E-state index contributed by atoms with van der Waals surface area (Å²) in [5, 5.41) is 13.1. The molecule has 17 heavy (non-hydrogen) atoms. The molecule has 0 saturated carbocycles. The molecular formula is C14H14FNO. The van der Waals surface area contributed by atoms with E-state index in [2.05, 4.69) is 5.32 Å². The second-order valence-corrected chi connectivity index (χ2v) is 3.83. The van der Waals surface area contributed by atoms with Gasteiger partial charge in [0.25, 0.3) is 0 Å². The van der Waals surface area contributed by atoms with Crippen molar-refractivity contribution in [1.82, 2.24) is 0 Å². The second kappa shape index (κ2) is 4.97. The minimum Gasteiger partial charge on any atom is -0.388 e. The van der Waals surface area contributed by atoms with E-state index in [9.17, 15) is 9.50 Å². The lowest BCUT2D eigenvalue weighted by molar-refractivity contribution is 0.220. The Morgan fingerprint density at radius 2 is 1.71 bits per heavy atom. The van der Waals surface area contributed by atoms with Gasteiger partial charge in [-0.25, -0.2) is 4.39 Å². The van der Waals surface area contributed by atoms with E-state index in [0.29, 0.717) is 5.56 Å². The van der Waals surface area contributed by atoms with Crippen LogP contribution in [0.1, 0.15) is 17.2 Å². The van der Waals surface area contributed by atoms with E-state index in [1.807, 2.05) is 31.3 Å². The second-order valence-electron chi connectivity index (χ2n) is 3.83. The maximum atomic E-state index is 13.1. The highest BCUT2D eigenvalue weighted by molar-refractivity contribution is 5.47. The van der Waals surface area contributed by atoms with Crippen molar-refractivity contribution in [2.75, 3.05) is 12.4 Å². The molecule has 2 aromatic rings. The summed E-state index contributed by atoms with van der Waals surface area (Å²) in [6.45, 7) is 0. The number of benzene rings is 2. The molecule has 88 valence electrons. The number of aliphatic hydroxyl groups is 1. The van der Waals surface area contributed by atoms with E-state index in [1.165, 1.54) is 12.1 Å². The van der Waals surface area contributed by atoms with Crippen LogP contribution in [0.15, 0.2) is 48.5 Å². The molecule has 0 aliphatic rings. The summed E-state index contributed by atoms with van der Waals surface area (Å²) < 4.78 is 13.1. The van der Waals surface area contributed by atoms with Crippen molar-refractivity contribution in [3.63, 3.8) is 0 Å². The first-order chi connectivity index (χ1) is 8.20. The fourth-order valence-corrected chi connectivity index (χ4v) is 1.73. The number of hydrogen-bond acceptors (Lipinski definition) is 2. The third-order valence-corrected chi connectivity index (χ3v) is 2.66. The Kier molecular flexibility index (Phi) is 3.40. The Hall–Kier alpha value is -1.87. The molecule has 2 N–H and O–H groups in total. The SMILES string of the molecule is CNc1cccc(C(O)c2cccc(F)c2)c1. The minimum absolute atomic E-state index is 0.341. The maximum Gasteiger partial charge on any atom is 0.123 e. The molecular weight excluding hydrogens is 217 g/mol. The van der Waals surface area contributed by atoms with Crippen LogP contribution in [-0.4, -0.2) is 12.2 Å². The molecule has 1 unspecified atom stereocenters. The molecule has 0 amide bonds. The van der Waals surface area contributed by atoms with Gasteiger partial charge in [-0.1, -0.05) is 24.3 Å². The predicted octanol–water partition coefficient (Wildman–Crippen LogP) is 2.95. The van der Waals surface area contributed by atoms with Crippen molar-refractivity contribution in [3.8, 4) is 0 Å². The summed E-state index contributed by atoms with van der Waals surface area (Å²) in [4.78, 5) is 0. The molecule has 0 heterocycles. The van der Waals surface area contributed by atoms with Crippen molar-refractivity contribution in [3.05, 3.63) is 65.5 Å². The van der Waals surface area contributed by atoms with Crippen LogP contribution in [0.2, 0.25) is 0 Å². The van der Waals surface area contributed by atoms with Gasteiger partial charge in [-0.05, 0) is 35.4 Å². The van der Waals surface area contributed by atoms with Gasteiger partial charge in [-0.15, -0.1) is 0 Å². The van der Waals surface area contributed by atoms with E-state index in [-0.39, 0.29) is 5.82 Å². The molecule has 0 fully saturated rings. The first-order valence-electron chi connectivity index (χ1n) is 5.42. The number of halogens is 1. The number of rotatable bonds is 3. The highest BCUT2D eigenvalue weighted by atomic mass is 19.1. The molecule has 2 aromatic carbocycles. The third kappa shape index (κ3) is 2.63. The average Bonchev–Trinajstić information content (AvgIpc) is 2.38. The van der Waals surface area contributed by atoms with Crippen molar-refractivity contribution >= 4 is 5.69 Å². The Morgan fingerprint density at radius 1 is 1.06 bits per heavy atom. The monoisotopic (exact) mass is 231 g/mol. The van der Waals surface area contributed by atoms with Crippen LogP contribution in [0.25, 0.3) is 0 Å². The van der Waals surface area contributed by atoms with Crippen molar-refractivity contribution in [2.45, 2.75) is 6.10 Å². The largest absolute Gasteiger partial charge is 0.388 e. The molecule has 0 bridgehead atoms. The van der Waals surface area contributed by atoms with Gasteiger partial charge in [0, 0.05) is 12.7 Å². The normalized spacial score (nSPS) is 12.2. The Balaban J connectivity index is 2.33. The molecule has 0 aliphatic heterocycles. The van der Waals surface area contributed by atoms with Gasteiger partial charge in [0.15, 0.2) is 0 Å². The zero-order chi connectivity index (χ0) is 12.3. The zero-order valence-electron chi connectivity index (χ0n) is 9.52. The number of nitrogens with one attached hydrogen (secondary N) is 1. The van der Waals surface area contributed by atoms with Crippen molar-refractivity contribution in [2.24, 2.45) is 0 Å². The van der Waals surface area contributed by atoms with Crippen LogP contribution in [-0.2, 0) is 0 Å². The Bertz CT molecular complexity index is 513. The highest BCUT2D eigenvalue weighted by Gasteiger charge is 2.11. The first kappa shape index (κ1) is 11.6. The van der Waals surface area contributed by atoms with Crippen LogP contribution in [0, 0.1) is 5.82 Å². The smallest absolute Gasteiger partial charge is 0.123 e. The van der Waals surface area contributed by atoms with E-state index in [4.69, 9.17) is 0 Å². The van der Waals surface area contributed by atoms with E-state index < -0.39 is 6.10 Å². The number of anilines is 1. The quantitative estimate of drug-likeness (QED) is 0.851. The van der Waals surface area contributed by atoms with Crippen LogP contribution in [0.3, 0.4) is 0 Å². The van der Waals surface area contributed by atoms with Gasteiger partial charge in [-0.3, -0.25) is 0 Å². The van der Waals surface area contributed by atoms with Crippen LogP contribution >= 0.6 is 0 Å². The van der Waals surface area contributed by atoms with E-state index in [1.54, 1.807) is 12.1 Å². The lowest BCUT2D eigenvalue weighted by Crippen LogP contribution is -2.01.